The second-order valence-electron chi connectivity index (χ2n) is 6.84. The Labute approximate surface area is 166 Å². The van der Waals surface area contributed by atoms with Crippen LogP contribution in [0.4, 0.5) is 0 Å². The molecule has 2 rings (SSSR count). The topological polar surface area (TPSA) is 93.4 Å². The first kappa shape index (κ1) is 21.7. The van der Waals surface area contributed by atoms with Crippen molar-refractivity contribution >= 4 is 23.6 Å². The fraction of sp³-hybridized carbons (Fsp3) is 0.600. The molecule has 0 heterocycles. The molecule has 1 saturated carbocycles. The van der Waals surface area contributed by atoms with E-state index in [9.17, 15) is 9.59 Å². The number of nitrogens with one attached hydrogen (secondary N) is 2. The summed E-state index contributed by atoms with van der Waals surface area (Å²) in [6, 6.07) is 7.40. The van der Waals surface area contributed by atoms with Crippen LogP contribution in [0, 0.1) is 5.92 Å². The van der Waals surface area contributed by atoms with Crippen molar-refractivity contribution in [3.8, 4) is 0 Å². The first-order valence-corrected chi connectivity index (χ1v) is 10.6. The Balaban J connectivity index is 1.94. The first-order valence-electron chi connectivity index (χ1n) is 9.64. The zero-order chi connectivity index (χ0) is 19.5. The highest BCUT2D eigenvalue weighted by atomic mass is 32.2. The number of methoxy groups -OCH3 is 1. The Morgan fingerprint density at radius 1 is 1.26 bits per heavy atom. The molecular formula is C20H31N3O3S. The van der Waals surface area contributed by atoms with Gasteiger partial charge in [-0.25, -0.2) is 0 Å². The Morgan fingerprint density at radius 3 is 2.70 bits per heavy atom. The quantitative estimate of drug-likeness (QED) is 0.418. The molecule has 1 aliphatic carbocycles. The molecule has 0 aliphatic heterocycles. The minimum absolute atomic E-state index is 0.00759. The summed E-state index contributed by atoms with van der Waals surface area (Å²) in [4.78, 5) is 25.5. The third-order valence-electron chi connectivity index (χ3n) is 4.91. The van der Waals surface area contributed by atoms with E-state index in [0.717, 1.165) is 17.7 Å². The van der Waals surface area contributed by atoms with E-state index < -0.39 is 0 Å². The summed E-state index contributed by atoms with van der Waals surface area (Å²) in [5.41, 5.74) is 6.54. The van der Waals surface area contributed by atoms with Crippen LogP contribution in [0.1, 0.15) is 42.5 Å². The highest BCUT2D eigenvalue weighted by Gasteiger charge is 2.25. The van der Waals surface area contributed by atoms with Gasteiger partial charge < -0.3 is 21.1 Å². The van der Waals surface area contributed by atoms with E-state index in [0.29, 0.717) is 31.2 Å². The molecule has 1 aromatic rings. The normalized spacial score (nSPS) is 15.9. The van der Waals surface area contributed by atoms with Crippen LogP contribution < -0.4 is 16.4 Å². The summed E-state index contributed by atoms with van der Waals surface area (Å²) in [7, 11) is 1.59. The number of ether oxygens (including phenoxy) is 1. The lowest BCUT2D eigenvalue weighted by Crippen LogP contribution is -2.46. The van der Waals surface area contributed by atoms with Gasteiger partial charge in [0.05, 0.1) is 17.9 Å². The van der Waals surface area contributed by atoms with Crippen molar-refractivity contribution in [1.29, 1.82) is 0 Å². The molecule has 1 unspecified atom stereocenters. The van der Waals surface area contributed by atoms with Crippen molar-refractivity contribution in [3.63, 3.8) is 0 Å². The van der Waals surface area contributed by atoms with E-state index in [2.05, 4.69) is 10.6 Å². The van der Waals surface area contributed by atoms with E-state index in [1.807, 2.05) is 18.2 Å². The molecular weight excluding hydrogens is 362 g/mol. The van der Waals surface area contributed by atoms with E-state index >= 15 is 0 Å². The molecule has 1 aliphatic rings. The maximum Gasteiger partial charge on any atom is 0.252 e. The molecule has 4 N–H and O–H groups in total. The van der Waals surface area contributed by atoms with Crippen LogP contribution in [-0.2, 0) is 9.53 Å². The maximum absolute atomic E-state index is 12.8. The number of thioether (sulfide) groups is 1. The third kappa shape index (κ3) is 7.16. The van der Waals surface area contributed by atoms with Gasteiger partial charge in [0.15, 0.2) is 0 Å². The lowest BCUT2D eigenvalue weighted by molar-refractivity contribution is -0.118. The maximum atomic E-state index is 12.8. The van der Waals surface area contributed by atoms with Gasteiger partial charge in [-0.3, -0.25) is 9.59 Å². The van der Waals surface area contributed by atoms with Gasteiger partial charge in [-0.1, -0.05) is 31.4 Å². The summed E-state index contributed by atoms with van der Waals surface area (Å²) < 4.78 is 4.92. The van der Waals surface area contributed by atoms with Gasteiger partial charge >= 0.3 is 0 Å². The Kier molecular flexibility index (Phi) is 9.66. The second-order valence-corrected chi connectivity index (χ2v) is 7.86. The van der Waals surface area contributed by atoms with E-state index in [1.165, 1.54) is 31.0 Å². The molecule has 0 bridgehead atoms. The summed E-state index contributed by atoms with van der Waals surface area (Å²) >= 11 is 1.37. The largest absolute Gasteiger partial charge is 0.383 e. The molecule has 27 heavy (non-hydrogen) atoms. The lowest BCUT2D eigenvalue weighted by Gasteiger charge is -2.30. The van der Waals surface area contributed by atoms with Crippen molar-refractivity contribution in [3.05, 3.63) is 29.8 Å². The molecule has 0 aromatic heterocycles. The number of nitrogens with two attached hydrogens (primary N) is 1. The molecule has 0 saturated heterocycles. The second kappa shape index (κ2) is 12.0. The number of hydrogen-bond donors (Lipinski definition) is 3. The van der Waals surface area contributed by atoms with Crippen LogP contribution in [0.15, 0.2) is 29.2 Å². The molecule has 1 fully saturated rings. The molecule has 2 amide bonds. The van der Waals surface area contributed by atoms with Crippen LogP contribution in [-0.4, -0.2) is 50.4 Å². The van der Waals surface area contributed by atoms with Gasteiger partial charge in [-0.15, -0.1) is 11.8 Å². The highest BCUT2D eigenvalue weighted by molar-refractivity contribution is 8.00. The number of carbonyl (C=O) groups excluding carboxylic acids is 2. The van der Waals surface area contributed by atoms with Gasteiger partial charge in [-0.2, -0.15) is 0 Å². The lowest BCUT2D eigenvalue weighted by atomic mass is 9.84. The van der Waals surface area contributed by atoms with Crippen LogP contribution in [0.2, 0.25) is 0 Å². The molecule has 1 atom stereocenters. The monoisotopic (exact) mass is 393 g/mol. The summed E-state index contributed by atoms with van der Waals surface area (Å²) in [5, 5.41) is 5.91. The van der Waals surface area contributed by atoms with Crippen LogP contribution in [0.25, 0.3) is 0 Å². The standard InChI is InChI=1S/C20H31N3O3S/c1-26-12-11-22-19(24)14-27-18-10-6-5-9-16(18)20(25)23-17(13-21)15-7-3-2-4-8-15/h5-6,9-10,15,17H,2-4,7-8,11-14,21H2,1H3,(H,22,24)(H,23,25). The molecule has 1 aromatic carbocycles. The van der Waals surface area contributed by atoms with E-state index in [4.69, 9.17) is 10.5 Å². The van der Waals surface area contributed by atoms with Crippen LogP contribution in [0.3, 0.4) is 0 Å². The Hall–Kier alpha value is -1.57. The fourth-order valence-corrected chi connectivity index (χ4v) is 4.30. The number of amides is 2. The predicted molar refractivity (Wildman–Crippen MR) is 109 cm³/mol. The third-order valence-corrected chi connectivity index (χ3v) is 5.98. The molecule has 0 spiro atoms. The van der Waals surface area contributed by atoms with E-state index in [1.54, 1.807) is 13.2 Å². The fourth-order valence-electron chi connectivity index (χ4n) is 3.42. The molecule has 7 heteroatoms. The van der Waals surface area contributed by atoms with E-state index in [-0.39, 0.29) is 23.6 Å². The Morgan fingerprint density at radius 2 is 2.00 bits per heavy atom. The minimum Gasteiger partial charge on any atom is -0.383 e. The Bertz CT molecular complexity index is 606. The molecule has 0 radical (unpaired) electrons. The average Bonchev–Trinajstić information content (AvgIpc) is 2.71. The van der Waals surface area contributed by atoms with Crippen molar-refractivity contribution < 1.29 is 14.3 Å². The zero-order valence-electron chi connectivity index (χ0n) is 16.0. The number of rotatable bonds is 10. The SMILES string of the molecule is COCCNC(=O)CSc1ccccc1C(=O)NC(CN)C1CCCCC1. The van der Waals surface area contributed by atoms with Crippen molar-refractivity contribution in [2.45, 2.75) is 43.0 Å². The van der Waals surface area contributed by atoms with Crippen molar-refractivity contribution in [1.82, 2.24) is 10.6 Å². The molecule has 6 nitrogen and oxygen atoms in total. The van der Waals surface area contributed by atoms with Gasteiger partial charge in [-0.05, 0) is 30.9 Å². The van der Waals surface area contributed by atoms with Gasteiger partial charge in [0.1, 0.15) is 0 Å². The summed E-state index contributed by atoms with van der Waals surface area (Å²) in [5.74, 6) is 0.532. The predicted octanol–water partition coefficient (Wildman–Crippen LogP) is 2.18. The zero-order valence-corrected chi connectivity index (χ0v) is 16.9. The number of hydrogen-bond acceptors (Lipinski definition) is 5. The number of benzene rings is 1. The highest BCUT2D eigenvalue weighted by Crippen LogP contribution is 2.27. The summed E-state index contributed by atoms with van der Waals surface area (Å²) in [6.07, 6.45) is 5.94. The van der Waals surface area contributed by atoms with Crippen molar-refractivity contribution in [2.24, 2.45) is 11.7 Å². The van der Waals surface area contributed by atoms with Crippen LogP contribution in [0.5, 0.6) is 0 Å². The minimum atomic E-state index is -0.112. The van der Waals surface area contributed by atoms with Gasteiger partial charge in [0, 0.05) is 31.1 Å². The van der Waals surface area contributed by atoms with Crippen molar-refractivity contribution in [2.75, 3.05) is 32.6 Å². The smallest absolute Gasteiger partial charge is 0.252 e. The average molecular weight is 394 g/mol. The number of carbonyl (C=O) groups is 2. The van der Waals surface area contributed by atoms with Gasteiger partial charge in [0.25, 0.3) is 5.91 Å². The molecule has 150 valence electrons. The first-order chi connectivity index (χ1) is 13.2. The van der Waals surface area contributed by atoms with Gasteiger partial charge in [0.2, 0.25) is 5.91 Å². The summed E-state index contributed by atoms with van der Waals surface area (Å²) in [6.45, 7) is 1.42. The van der Waals surface area contributed by atoms with Crippen LogP contribution >= 0.6 is 11.8 Å².